The molecule has 6 nitrogen and oxygen atoms in total. The Morgan fingerprint density at radius 3 is 3.17 bits per heavy atom. The van der Waals surface area contributed by atoms with Crippen LogP contribution >= 0.6 is 11.3 Å². The van der Waals surface area contributed by atoms with E-state index in [1.54, 1.807) is 24.6 Å². The fourth-order valence-corrected chi connectivity index (χ4v) is 3.31. The van der Waals surface area contributed by atoms with Gasteiger partial charge in [-0.05, 0) is 17.9 Å². The molecule has 23 heavy (non-hydrogen) atoms. The maximum Gasteiger partial charge on any atom is 0.236 e. The Labute approximate surface area is 140 Å². The van der Waals surface area contributed by atoms with E-state index in [-0.39, 0.29) is 0 Å². The Morgan fingerprint density at radius 2 is 2.48 bits per heavy atom. The Hall–Kier alpha value is -1.86. The van der Waals surface area contributed by atoms with E-state index in [1.807, 2.05) is 24.6 Å². The van der Waals surface area contributed by atoms with Crippen LogP contribution in [0.15, 0.2) is 33.2 Å². The smallest absolute Gasteiger partial charge is 0.236 e. The Morgan fingerprint density at radius 1 is 1.57 bits per heavy atom. The summed E-state index contributed by atoms with van der Waals surface area (Å²) in [5.74, 6) is 2.11. The maximum absolute atomic E-state index is 5.53. The van der Waals surface area contributed by atoms with Crippen LogP contribution in [-0.2, 0) is 11.3 Å². The number of aromatic nitrogens is 1. The molecule has 1 aliphatic rings. The van der Waals surface area contributed by atoms with Gasteiger partial charge in [0.15, 0.2) is 5.96 Å². The van der Waals surface area contributed by atoms with Crippen LogP contribution in [0.5, 0.6) is 0 Å². The lowest BCUT2D eigenvalue weighted by molar-refractivity contribution is 0.181. The molecule has 7 heteroatoms. The molecule has 2 aromatic rings. The van der Waals surface area contributed by atoms with E-state index in [0.717, 1.165) is 42.7 Å². The molecular weight excluding hydrogens is 312 g/mol. The van der Waals surface area contributed by atoms with E-state index in [4.69, 9.17) is 9.15 Å². The largest absolute Gasteiger partial charge is 0.443 e. The van der Waals surface area contributed by atoms with Gasteiger partial charge in [-0.15, -0.1) is 11.3 Å². The lowest BCUT2D eigenvalue weighted by Crippen LogP contribution is -2.41. The van der Waals surface area contributed by atoms with Gasteiger partial charge in [-0.3, -0.25) is 4.99 Å². The van der Waals surface area contributed by atoms with Gasteiger partial charge in [0.1, 0.15) is 6.26 Å². The molecule has 0 aromatic carbocycles. The third kappa shape index (κ3) is 4.11. The molecule has 1 aliphatic heterocycles. The lowest BCUT2D eigenvalue weighted by atomic mass is 10.1. The monoisotopic (exact) mass is 334 g/mol. The van der Waals surface area contributed by atoms with Crippen molar-refractivity contribution >= 4 is 17.3 Å². The minimum Gasteiger partial charge on any atom is -0.443 e. The topological polar surface area (TPSA) is 62.9 Å². The molecule has 1 saturated heterocycles. The summed E-state index contributed by atoms with van der Waals surface area (Å²) in [5.41, 5.74) is 0.868. The average Bonchev–Trinajstić information content (AvgIpc) is 3.30. The van der Waals surface area contributed by atoms with Crippen LogP contribution in [0.2, 0.25) is 0 Å². The number of nitrogens with one attached hydrogen (secondary N) is 1. The summed E-state index contributed by atoms with van der Waals surface area (Å²) in [4.78, 5) is 12.0. The summed E-state index contributed by atoms with van der Waals surface area (Å²) in [5, 5.41) is 5.35. The number of ether oxygens (including phenoxy) is 1. The summed E-state index contributed by atoms with van der Waals surface area (Å²) < 4.78 is 11.0. The van der Waals surface area contributed by atoms with Crippen LogP contribution < -0.4 is 5.32 Å². The first-order valence-electron chi connectivity index (χ1n) is 7.74. The Balaban J connectivity index is 1.53. The molecule has 1 fully saturated rings. The van der Waals surface area contributed by atoms with Crippen LogP contribution in [0, 0.1) is 5.92 Å². The Bertz CT molecular complexity index is 632. The highest BCUT2D eigenvalue weighted by Crippen LogP contribution is 2.23. The van der Waals surface area contributed by atoms with Crippen molar-refractivity contribution in [2.75, 3.05) is 33.9 Å². The zero-order valence-corrected chi connectivity index (χ0v) is 14.3. The number of oxazole rings is 1. The van der Waals surface area contributed by atoms with E-state index >= 15 is 0 Å². The van der Waals surface area contributed by atoms with E-state index in [9.17, 15) is 0 Å². The molecule has 3 rings (SSSR count). The van der Waals surface area contributed by atoms with Crippen LogP contribution in [-0.4, -0.2) is 49.7 Å². The average molecular weight is 334 g/mol. The van der Waals surface area contributed by atoms with Gasteiger partial charge < -0.3 is 19.4 Å². The van der Waals surface area contributed by atoms with E-state index in [2.05, 4.69) is 20.2 Å². The van der Waals surface area contributed by atoms with Gasteiger partial charge in [0, 0.05) is 33.2 Å². The molecule has 124 valence electrons. The van der Waals surface area contributed by atoms with Gasteiger partial charge in [-0.1, -0.05) is 6.07 Å². The second-order valence-electron chi connectivity index (χ2n) is 5.63. The standard InChI is InChI=1S/C16H22N4O2S/c1-17-16(20(2)9-12-5-6-21-10-12)18-8-13-11-22-15(19-13)14-4-3-7-23-14/h3-4,7,11-12H,5-6,8-10H2,1-2H3,(H,17,18). The van der Waals surface area contributed by atoms with Crippen molar-refractivity contribution in [3.05, 3.63) is 29.5 Å². The molecule has 2 aromatic heterocycles. The molecule has 1 unspecified atom stereocenters. The molecule has 0 amide bonds. The molecule has 0 bridgehead atoms. The van der Waals surface area contributed by atoms with Crippen molar-refractivity contribution < 1.29 is 9.15 Å². The lowest BCUT2D eigenvalue weighted by Gasteiger charge is -2.24. The van der Waals surface area contributed by atoms with Crippen LogP contribution in [0.3, 0.4) is 0 Å². The molecule has 1 N–H and O–H groups in total. The van der Waals surface area contributed by atoms with Gasteiger partial charge in [0.05, 0.1) is 23.7 Å². The predicted molar refractivity (Wildman–Crippen MR) is 91.6 cm³/mol. The van der Waals surface area contributed by atoms with Crippen molar-refractivity contribution in [3.63, 3.8) is 0 Å². The van der Waals surface area contributed by atoms with Crippen molar-refractivity contribution in [2.45, 2.75) is 13.0 Å². The second kappa shape index (κ2) is 7.61. The van der Waals surface area contributed by atoms with Gasteiger partial charge in [-0.2, -0.15) is 0 Å². The SMILES string of the molecule is CN=C(NCc1coc(-c2cccs2)n1)N(C)CC1CCOC1. The van der Waals surface area contributed by atoms with Crippen molar-refractivity contribution in [2.24, 2.45) is 10.9 Å². The second-order valence-corrected chi connectivity index (χ2v) is 6.58. The Kier molecular flexibility index (Phi) is 5.30. The number of nitrogens with zero attached hydrogens (tertiary/aromatic N) is 3. The molecule has 3 heterocycles. The highest BCUT2D eigenvalue weighted by Gasteiger charge is 2.19. The highest BCUT2D eigenvalue weighted by molar-refractivity contribution is 7.13. The van der Waals surface area contributed by atoms with Crippen LogP contribution in [0.1, 0.15) is 12.1 Å². The number of rotatable bonds is 5. The minimum absolute atomic E-state index is 0.580. The molecule has 0 radical (unpaired) electrons. The van der Waals surface area contributed by atoms with E-state index in [1.165, 1.54) is 0 Å². The molecular formula is C16H22N4O2S. The number of hydrogen-bond donors (Lipinski definition) is 1. The third-order valence-electron chi connectivity index (χ3n) is 3.84. The summed E-state index contributed by atoms with van der Waals surface area (Å²) in [6.45, 7) is 3.25. The number of thiophene rings is 1. The zero-order valence-electron chi connectivity index (χ0n) is 13.5. The van der Waals surface area contributed by atoms with Gasteiger partial charge in [-0.25, -0.2) is 4.98 Å². The number of hydrogen-bond acceptors (Lipinski definition) is 5. The van der Waals surface area contributed by atoms with Gasteiger partial charge in [0.2, 0.25) is 5.89 Å². The van der Waals surface area contributed by atoms with E-state index < -0.39 is 0 Å². The molecule has 0 spiro atoms. The third-order valence-corrected chi connectivity index (χ3v) is 4.70. The first-order chi connectivity index (χ1) is 11.3. The number of aliphatic imine (C=N–C) groups is 1. The van der Waals surface area contributed by atoms with Crippen molar-refractivity contribution in [3.8, 4) is 10.8 Å². The normalized spacial score (nSPS) is 18.3. The predicted octanol–water partition coefficient (Wildman–Crippen LogP) is 2.45. The van der Waals surface area contributed by atoms with Gasteiger partial charge >= 0.3 is 0 Å². The van der Waals surface area contributed by atoms with Crippen LogP contribution in [0.25, 0.3) is 10.8 Å². The first kappa shape index (κ1) is 16.0. The van der Waals surface area contributed by atoms with Crippen molar-refractivity contribution in [1.29, 1.82) is 0 Å². The van der Waals surface area contributed by atoms with E-state index in [0.29, 0.717) is 18.4 Å². The molecule has 0 saturated carbocycles. The number of guanidine groups is 1. The zero-order chi connectivity index (χ0) is 16.1. The summed E-state index contributed by atoms with van der Waals surface area (Å²) in [6.07, 6.45) is 2.81. The molecule has 0 aliphatic carbocycles. The van der Waals surface area contributed by atoms with Gasteiger partial charge in [0.25, 0.3) is 0 Å². The fraction of sp³-hybridized carbons (Fsp3) is 0.500. The summed E-state index contributed by atoms with van der Waals surface area (Å²) >= 11 is 1.62. The summed E-state index contributed by atoms with van der Waals surface area (Å²) in [7, 11) is 3.84. The first-order valence-corrected chi connectivity index (χ1v) is 8.62. The van der Waals surface area contributed by atoms with Crippen molar-refractivity contribution in [1.82, 2.24) is 15.2 Å². The molecule has 1 atom stereocenters. The minimum atomic E-state index is 0.580. The quantitative estimate of drug-likeness (QED) is 0.672. The summed E-state index contributed by atoms with van der Waals surface area (Å²) in [6, 6.07) is 4.00. The highest BCUT2D eigenvalue weighted by atomic mass is 32.1. The fourth-order valence-electron chi connectivity index (χ4n) is 2.66. The van der Waals surface area contributed by atoms with Crippen LogP contribution in [0.4, 0.5) is 0 Å². The maximum atomic E-state index is 5.53.